The maximum absolute atomic E-state index is 6.09. The molecular weight excluding hydrogens is 324 g/mol. The van der Waals surface area contributed by atoms with Crippen LogP contribution < -0.4 is 4.74 Å². The Labute approximate surface area is 147 Å². The molecule has 0 N–H and O–H groups in total. The molecular formula is C19H21ClN2O2. The second-order valence-corrected chi connectivity index (χ2v) is 6.30. The third-order valence-electron chi connectivity index (χ3n) is 4.00. The lowest BCUT2D eigenvalue weighted by atomic mass is 10.1. The molecule has 0 radical (unpaired) electrons. The molecule has 0 saturated heterocycles. The molecule has 3 aromatic rings. The quantitative estimate of drug-likeness (QED) is 0.659. The lowest BCUT2D eigenvalue weighted by molar-refractivity contribution is 0.185. The first-order valence-electron chi connectivity index (χ1n) is 7.92. The third kappa shape index (κ3) is 3.55. The Hall–Kier alpha value is -2.04. The Morgan fingerprint density at radius 3 is 2.71 bits per heavy atom. The largest absolute Gasteiger partial charge is 0.485 e. The fourth-order valence-electron chi connectivity index (χ4n) is 2.80. The van der Waals surface area contributed by atoms with Gasteiger partial charge in [0, 0.05) is 18.7 Å². The summed E-state index contributed by atoms with van der Waals surface area (Å²) in [6, 6.07) is 11.9. The van der Waals surface area contributed by atoms with E-state index in [-0.39, 0.29) is 0 Å². The van der Waals surface area contributed by atoms with Crippen LogP contribution in [-0.4, -0.2) is 23.3 Å². The number of benzene rings is 2. The van der Waals surface area contributed by atoms with Gasteiger partial charge < -0.3 is 14.0 Å². The molecule has 0 amide bonds. The average Bonchev–Trinajstić information content (AvgIpc) is 2.88. The summed E-state index contributed by atoms with van der Waals surface area (Å²) in [6.45, 7) is 5.87. The lowest BCUT2D eigenvalue weighted by Gasteiger charge is -2.12. The predicted molar refractivity (Wildman–Crippen MR) is 96.9 cm³/mol. The van der Waals surface area contributed by atoms with E-state index >= 15 is 0 Å². The fourth-order valence-corrected chi connectivity index (χ4v) is 2.97. The summed E-state index contributed by atoms with van der Waals surface area (Å²) >= 11 is 6.09. The van der Waals surface area contributed by atoms with Crippen molar-refractivity contribution >= 4 is 22.6 Å². The van der Waals surface area contributed by atoms with Crippen LogP contribution >= 0.6 is 11.6 Å². The van der Waals surface area contributed by atoms with Gasteiger partial charge in [-0.25, -0.2) is 4.98 Å². The molecule has 1 aromatic heterocycles. The number of nitrogens with zero attached hydrogens (tertiary/aromatic N) is 2. The van der Waals surface area contributed by atoms with Crippen molar-refractivity contribution in [1.29, 1.82) is 0 Å². The number of hydrogen-bond donors (Lipinski definition) is 0. The van der Waals surface area contributed by atoms with Gasteiger partial charge in [-0.15, -0.1) is 0 Å². The molecule has 5 heteroatoms. The van der Waals surface area contributed by atoms with Gasteiger partial charge in [0.15, 0.2) is 0 Å². The molecule has 0 atom stereocenters. The summed E-state index contributed by atoms with van der Waals surface area (Å²) in [6.07, 6.45) is 0. The number of ether oxygens (including phenoxy) is 2. The zero-order valence-corrected chi connectivity index (χ0v) is 14.9. The maximum Gasteiger partial charge on any atom is 0.148 e. The van der Waals surface area contributed by atoms with Gasteiger partial charge in [0.05, 0.1) is 17.6 Å². The van der Waals surface area contributed by atoms with Gasteiger partial charge in [-0.2, -0.15) is 0 Å². The summed E-state index contributed by atoms with van der Waals surface area (Å²) in [7, 11) is 1.70. The van der Waals surface area contributed by atoms with Gasteiger partial charge in [-0.3, -0.25) is 0 Å². The highest BCUT2D eigenvalue weighted by Gasteiger charge is 2.12. The minimum Gasteiger partial charge on any atom is -0.485 e. The van der Waals surface area contributed by atoms with Crippen LogP contribution in [0.3, 0.4) is 0 Å². The Kier molecular flexibility index (Phi) is 5.07. The SMILES string of the molecule is COCCn1c(COc2ccc(C)cc2C)nc2cc(Cl)ccc21. The first-order valence-corrected chi connectivity index (χ1v) is 8.30. The second kappa shape index (κ2) is 7.24. The maximum atomic E-state index is 6.09. The Morgan fingerprint density at radius 1 is 1.12 bits per heavy atom. The smallest absolute Gasteiger partial charge is 0.148 e. The number of methoxy groups -OCH3 is 1. The standard InChI is InChI=1S/C19H21ClN2O2/c1-13-4-7-18(14(2)10-13)24-12-19-21-16-11-15(20)5-6-17(16)22(19)8-9-23-3/h4-7,10-11H,8-9,12H2,1-3H3. The third-order valence-corrected chi connectivity index (χ3v) is 4.23. The molecule has 1 heterocycles. The minimum absolute atomic E-state index is 0.403. The van der Waals surface area contributed by atoms with E-state index in [1.807, 2.05) is 24.3 Å². The molecule has 3 rings (SSSR count). The van der Waals surface area contributed by atoms with Crippen molar-refractivity contribution in [2.24, 2.45) is 0 Å². The van der Waals surface area contributed by atoms with Crippen LogP contribution in [0.5, 0.6) is 5.75 Å². The first kappa shape index (κ1) is 16.8. The van der Waals surface area contributed by atoms with Crippen LogP contribution in [0.1, 0.15) is 17.0 Å². The topological polar surface area (TPSA) is 36.3 Å². The first-order chi connectivity index (χ1) is 11.6. The van der Waals surface area contributed by atoms with E-state index in [0.717, 1.165) is 34.7 Å². The molecule has 0 unspecified atom stereocenters. The van der Waals surface area contributed by atoms with Crippen molar-refractivity contribution in [3.8, 4) is 5.75 Å². The van der Waals surface area contributed by atoms with E-state index in [1.165, 1.54) is 5.56 Å². The minimum atomic E-state index is 0.403. The molecule has 0 saturated carbocycles. The van der Waals surface area contributed by atoms with Crippen LogP contribution in [0.25, 0.3) is 11.0 Å². The molecule has 0 spiro atoms. The zero-order valence-electron chi connectivity index (χ0n) is 14.2. The molecule has 0 bridgehead atoms. The highest BCUT2D eigenvalue weighted by atomic mass is 35.5. The summed E-state index contributed by atoms with van der Waals surface area (Å²) in [5.74, 6) is 1.74. The average molecular weight is 345 g/mol. The highest BCUT2D eigenvalue weighted by Crippen LogP contribution is 2.23. The van der Waals surface area contributed by atoms with Gasteiger partial charge in [-0.05, 0) is 43.7 Å². The van der Waals surface area contributed by atoms with Crippen LogP contribution in [0, 0.1) is 13.8 Å². The number of hydrogen-bond acceptors (Lipinski definition) is 3. The van der Waals surface area contributed by atoms with Crippen molar-refractivity contribution < 1.29 is 9.47 Å². The number of fused-ring (bicyclic) bond motifs is 1. The molecule has 4 nitrogen and oxygen atoms in total. The number of imidazole rings is 1. The number of halogens is 1. The van der Waals surface area contributed by atoms with Crippen LogP contribution in [-0.2, 0) is 17.9 Å². The van der Waals surface area contributed by atoms with Gasteiger partial charge in [0.1, 0.15) is 18.2 Å². The van der Waals surface area contributed by atoms with E-state index in [9.17, 15) is 0 Å². The van der Waals surface area contributed by atoms with Crippen LogP contribution in [0.4, 0.5) is 0 Å². The lowest BCUT2D eigenvalue weighted by Crippen LogP contribution is -2.11. The zero-order chi connectivity index (χ0) is 17.1. The van der Waals surface area contributed by atoms with Gasteiger partial charge in [0.2, 0.25) is 0 Å². The molecule has 0 fully saturated rings. The second-order valence-electron chi connectivity index (χ2n) is 5.86. The van der Waals surface area contributed by atoms with Crippen molar-refractivity contribution in [3.05, 3.63) is 58.4 Å². The molecule has 0 aliphatic carbocycles. The fraction of sp³-hybridized carbons (Fsp3) is 0.316. The summed E-state index contributed by atoms with van der Waals surface area (Å²) in [4.78, 5) is 4.69. The number of aromatic nitrogens is 2. The van der Waals surface area contributed by atoms with Crippen molar-refractivity contribution in [3.63, 3.8) is 0 Å². The Balaban J connectivity index is 1.89. The number of aryl methyl sites for hydroxylation is 2. The normalized spacial score (nSPS) is 11.2. The van der Waals surface area contributed by atoms with E-state index in [2.05, 4.69) is 35.5 Å². The van der Waals surface area contributed by atoms with Crippen LogP contribution in [0.15, 0.2) is 36.4 Å². The van der Waals surface area contributed by atoms with Crippen molar-refractivity contribution in [2.45, 2.75) is 27.0 Å². The molecule has 24 heavy (non-hydrogen) atoms. The number of rotatable bonds is 6. The van der Waals surface area contributed by atoms with Crippen molar-refractivity contribution in [2.75, 3.05) is 13.7 Å². The predicted octanol–water partition coefficient (Wildman–Crippen LogP) is 4.53. The van der Waals surface area contributed by atoms with E-state index in [0.29, 0.717) is 18.2 Å². The van der Waals surface area contributed by atoms with E-state index in [4.69, 9.17) is 21.1 Å². The van der Waals surface area contributed by atoms with Crippen LogP contribution in [0.2, 0.25) is 5.02 Å². The van der Waals surface area contributed by atoms with Crippen molar-refractivity contribution in [1.82, 2.24) is 9.55 Å². The Bertz CT molecular complexity index is 858. The monoisotopic (exact) mass is 344 g/mol. The van der Waals surface area contributed by atoms with Gasteiger partial charge in [-0.1, -0.05) is 29.3 Å². The van der Waals surface area contributed by atoms with Gasteiger partial charge in [0.25, 0.3) is 0 Å². The molecule has 0 aliphatic heterocycles. The summed E-state index contributed by atoms with van der Waals surface area (Å²) < 4.78 is 13.3. The van der Waals surface area contributed by atoms with E-state index in [1.54, 1.807) is 7.11 Å². The highest BCUT2D eigenvalue weighted by molar-refractivity contribution is 6.31. The molecule has 0 aliphatic rings. The van der Waals surface area contributed by atoms with E-state index < -0.39 is 0 Å². The Morgan fingerprint density at radius 2 is 1.96 bits per heavy atom. The molecule has 2 aromatic carbocycles. The molecule has 126 valence electrons. The summed E-state index contributed by atoms with van der Waals surface area (Å²) in [5.41, 5.74) is 4.26. The summed E-state index contributed by atoms with van der Waals surface area (Å²) in [5, 5.41) is 0.681. The van der Waals surface area contributed by atoms with Gasteiger partial charge >= 0.3 is 0 Å².